The van der Waals surface area contributed by atoms with Gasteiger partial charge in [-0.2, -0.15) is 0 Å². The van der Waals surface area contributed by atoms with Gasteiger partial charge in [0.25, 0.3) is 0 Å². The highest BCUT2D eigenvalue weighted by Crippen LogP contribution is 2.31. The van der Waals surface area contributed by atoms with Crippen LogP contribution >= 0.6 is 0 Å². The number of hydrogen-bond donors (Lipinski definition) is 2. The SMILES string of the molecule is CCN(CC(=O)O)C1CC(NC(=O)N2CCCCCC2c2ccncc2)C1. The number of hydrogen-bond acceptors (Lipinski definition) is 4. The molecule has 0 aromatic carbocycles. The van der Waals surface area contributed by atoms with Crippen LogP contribution in [0.15, 0.2) is 24.5 Å². The molecule has 1 saturated heterocycles. The van der Waals surface area contributed by atoms with Crippen LogP contribution in [0.25, 0.3) is 0 Å². The van der Waals surface area contributed by atoms with E-state index in [1.165, 1.54) is 0 Å². The molecule has 2 N–H and O–H groups in total. The van der Waals surface area contributed by atoms with Crippen molar-refractivity contribution in [3.05, 3.63) is 30.1 Å². The molecule has 0 spiro atoms. The fraction of sp³-hybridized carbons (Fsp3) is 0.650. The minimum Gasteiger partial charge on any atom is -0.480 e. The third kappa shape index (κ3) is 4.97. The second-order valence-electron chi connectivity index (χ2n) is 7.57. The molecule has 2 amide bonds. The largest absolute Gasteiger partial charge is 0.480 e. The molecule has 1 aliphatic carbocycles. The molecule has 1 aliphatic heterocycles. The third-order valence-electron chi connectivity index (χ3n) is 5.81. The van der Waals surface area contributed by atoms with E-state index in [1.807, 2.05) is 28.9 Å². The molecule has 1 saturated carbocycles. The molecule has 2 heterocycles. The normalized spacial score (nSPS) is 25.6. The first-order valence-corrected chi connectivity index (χ1v) is 10.0. The van der Waals surface area contributed by atoms with Crippen LogP contribution in [0.4, 0.5) is 4.79 Å². The maximum absolute atomic E-state index is 13.0. The summed E-state index contributed by atoms with van der Waals surface area (Å²) in [4.78, 5) is 32.0. The highest BCUT2D eigenvalue weighted by molar-refractivity contribution is 5.75. The van der Waals surface area contributed by atoms with Crippen molar-refractivity contribution in [3.63, 3.8) is 0 Å². The number of carbonyl (C=O) groups excluding carboxylic acids is 1. The average Bonchev–Trinajstić information content (AvgIpc) is 2.89. The molecular formula is C20H30N4O3. The molecule has 2 fully saturated rings. The van der Waals surface area contributed by atoms with Gasteiger partial charge in [0.1, 0.15) is 0 Å². The quantitative estimate of drug-likeness (QED) is 0.799. The molecule has 0 radical (unpaired) electrons. The molecular weight excluding hydrogens is 344 g/mol. The highest BCUT2D eigenvalue weighted by atomic mass is 16.4. The van der Waals surface area contributed by atoms with Crippen LogP contribution < -0.4 is 5.32 Å². The summed E-state index contributed by atoms with van der Waals surface area (Å²) in [6, 6.07) is 4.48. The molecule has 7 heteroatoms. The summed E-state index contributed by atoms with van der Waals surface area (Å²) < 4.78 is 0. The Labute approximate surface area is 160 Å². The molecule has 2 aliphatic rings. The van der Waals surface area contributed by atoms with Crippen molar-refractivity contribution in [3.8, 4) is 0 Å². The van der Waals surface area contributed by atoms with E-state index in [-0.39, 0.29) is 30.7 Å². The standard InChI is InChI=1S/C20H30N4O3/c1-2-23(14-19(25)26)17-12-16(13-17)22-20(27)24-11-5-3-4-6-18(24)15-7-9-21-10-8-15/h7-10,16-18H,2-6,11-14H2,1H3,(H,22,27)(H,25,26). The van der Waals surface area contributed by atoms with Crippen LogP contribution in [0.2, 0.25) is 0 Å². The van der Waals surface area contributed by atoms with Gasteiger partial charge < -0.3 is 15.3 Å². The number of amides is 2. The number of aromatic nitrogens is 1. The van der Waals surface area contributed by atoms with Gasteiger partial charge in [-0.15, -0.1) is 0 Å². The lowest BCUT2D eigenvalue weighted by molar-refractivity contribution is -0.139. The third-order valence-corrected chi connectivity index (χ3v) is 5.81. The zero-order chi connectivity index (χ0) is 19.2. The lowest BCUT2D eigenvalue weighted by Crippen LogP contribution is -2.57. The molecule has 1 aromatic heterocycles. The van der Waals surface area contributed by atoms with E-state index in [2.05, 4.69) is 10.3 Å². The zero-order valence-electron chi connectivity index (χ0n) is 16.0. The van der Waals surface area contributed by atoms with Crippen LogP contribution in [-0.4, -0.2) is 63.6 Å². The van der Waals surface area contributed by atoms with Crippen LogP contribution in [0.1, 0.15) is 57.1 Å². The topological polar surface area (TPSA) is 85.8 Å². The van der Waals surface area contributed by atoms with E-state index >= 15 is 0 Å². The number of likely N-dealkylation sites (N-methyl/N-ethyl adjacent to an activating group) is 1. The first-order valence-electron chi connectivity index (χ1n) is 10.0. The number of rotatable bonds is 6. The minimum absolute atomic E-state index is 0.00319. The number of likely N-dealkylation sites (tertiary alicyclic amines) is 1. The molecule has 1 atom stereocenters. The monoisotopic (exact) mass is 374 g/mol. The summed E-state index contributed by atoms with van der Waals surface area (Å²) in [5, 5.41) is 12.2. The van der Waals surface area contributed by atoms with Crippen molar-refractivity contribution in [2.24, 2.45) is 0 Å². The molecule has 148 valence electrons. The number of carboxylic acids is 1. The van der Waals surface area contributed by atoms with E-state index in [4.69, 9.17) is 5.11 Å². The molecule has 1 unspecified atom stereocenters. The fourth-order valence-corrected chi connectivity index (χ4v) is 4.22. The number of aliphatic carboxylic acids is 1. The fourth-order valence-electron chi connectivity index (χ4n) is 4.22. The Morgan fingerprint density at radius 1 is 1.26 bits per heavy atom. The van der Waals surface area contributed by atoms with Crippen LogP contribution in [0, 0.1) is 0 Å². The van der Waals surface area contributed by atoms with Gasteiger partial charge in [0.05, 0.1) is 12.6 Å². The minimum atomic E-state index is -0.797. The van der Waals surface area contributed by atoms with E-state index in [0.717, 1.165) is 50.6 Å². The number of pyridine rings is 1. The van der Waals surface area contributed by atoms with Gasteiger partial charge in [-0.25, -0.2) is 4.79 Å². The van der Waals surface area contributed by atoms with Crippen molar-refractivity contribution in [1.29, 1.82) is 0 Å². The number of carbonyl (C=O) groups is 2. The van der Waals surface area contributed by atoms with Gasteiger partial charge in [0, 0.05) is 31.0 Å². The van der Waals surface area contributed by atoms with Crippen LogP contribution in [0.5, 0.6) is 0 Å². The lowest BCUT2D eigenvalue weighted by atomic mass is 9.85. The van der Waals surface area contributed by atoms with Gasteiger partial charge in [-0.3, -0.25) is 14.7 Å². The number of nitrogens with one attached hydrogen (secondary N) is 1. The predicted octanol–water partition coefficient (Wildman–Crippen LogP) is 2.65. The molecule has 3 rings (SSSR count). The first-order chi connectivity index (χ1) is 13.1. The van der Waals surface area contributed by atoms with Crippen molar-refractivity contribution < 1.29 is 14.7 Å². The molecule has 0 bridgehead atoms. The first kappa shape index (κ1) is 19.6. The Morgan fingerprint density at radius 3 is 2.67 bits per heavy atom. The number of urea groups is 1. The average molecular weight is 374 g/mol. The van der Waals surface area contributed by atoms with E-state index in [1.54, 1.807) is 12.4 Å². The summed E-state index contributed by atoms with van der Waals surface area (Å²) >= 11 is 0. The van der Waals surface area contributed by atoms with Gasteiger partial charge in [0.15, 0.2) is 0 Å². The molecule has 27 heavy (non-hydrogen) atoms. The summed E-state index contributed by atoms with van der Waals surface area (Å²) in [5.74, 6) is -0.797. The summed E-state index contributed by atoms with van der Waals surface area (Å²) in [6.45, 7) is 3.53. The van der Waals surface area contributed by atoms with Crippen molar-refractivity contribution >= 4 is 12.0 Å². The van der Waals surface area contributed by atoms with E-state index < -0.39 is 5.97 Å². The van der Waals surface area contributed by atoms with Crippen molar-refractivity contribution in [2.45, 2.75) is 63.6 Å². The zero-order valence-corrected chi connectivity index (χ0v) is 16.0. The van der Waals surface area contributed by atoms with Crippen molar-refractivity contribution in [2.75, 3.05) is 19.6 Å². The van der Waals surface area contributed by atoms with E-state index in [9.17, 15) is 9.59 Å². The van der Waals surface area contributed by atoms with Crippen LogP contribution in [0.3, 0.4) is 0 Å². The Kier molecular flexibility index (Phi) is 6.66. The Morgan fingerprint density at radius 2 is 2.00 bits per heavy atom. The van der Waals surface area contributed by atoms with Crippen molar-refractivity contribution in [1.82, 2.24) is 20.1 Å². The maximum Gasteiger partial charge on any atom is 0.318 e. The van der Waals surface area contributed by atoms with Gasteiger partial charge in [-0.1, -0.05) is 19.8 Å². The van der Waals surface area contributed by atoms with Gasteiger partial charge in [-0.05, 0) is 49.9 Å². The van der Waals surface area contributed by atoms with Gasteiger partial charge >= 0.3 is 12.0 Å². The summed E-state index contributed by atoms with van der Waals surface area (Å²) in [7, 11) is 0. The number of carboxylic acid groups (broad SMARTS) is 1. The molecule has 7 nitrogen and oxygen atoms in total. The second-order valence-corrected chi connectivity index (χ2v) is 7.57. The highest BCUT2D eigenvalue weighted by Gasteiger charge is 2.36. The Bertz CT molecular complexity index is 633. The maximum atomic E-state index is 13.0. The van der Waals surface area contributed by atoms with E-state index in [0.29, 0.717) is 6.54 Å². The van der Waals surface area contributed by atoms with Crippen LogP contribution in [-0.2, 0) is 4.79 Å². The summed E-state index contributed by atoms with van der Waals surface area (Å²) in [6.07, 6.45) is 9.50. The van der Waals surface area contributed by atoms with Gasteiger partial charge in [0.2, 0.25) is 0 Å². The lowest BCUT2D eigenvalue weighted by Gasteiger charge is -2.43. The Balaban J connectivity index is 1.57. The predicted molar refractivity (Wildman–Crippen MR) is 102 cm³/mol. The Hall–Kier alpha value is -2.15. The number of nitrogens with zero attached hydrogens (tertiary/aromatic N) is 3. The smallest absolute Gasteiger partial charge is 0.318 e. The summed E-state index contributed by atoms with van der Waals surface area (Å²) in [5.41, 5.74) is 1.15. The molecule has 1 aromatic rings. The second kappa shape index (κ2) is 9.17.